The van der Waals surface area contributed by atoms with Gasteiger partial charge in [0.25, 0.3) is 17.5 Å². The first kappa shape index (κ1) is 14.9. The molecule has 0 saturated carbocycles. The van der Waals surface area contributed by atoms with E-state index in [1.165, 1.54) is 7.05 Å². The van der Waals surface area contributed by atoms with Gasteiger partial charge in [0.15, 0.2) is 0 Å². The SMILES string of the molecule is CN1C(=O)CC(NC(=O)c2cc([N+](=O)[O-])cnc2Cl)C1=O. The minimum Gasteiger partial charge on any atom is -0.340 e. The zero-order chi connectivity index (χ0) is 15.7. The molecule has 2 rings (SSSR count). The molecule has 0 spiro atoms. The molecule has 21 heavy (non-hydrogen) atoms. The first-order valence-electron chi connectivity index (χ1n) is 5.72. The van der Waals surface area contributed by atoms with E-state index >= 15 is 0 Å². The number of hydrogen-bond acceptors (Lipinski definition) is 6. The van der Waals surface area contributed by atoms with Crippen molar-refractivity contribution in [1.82, 2.24) is 15.2 Å². The van der Waals surface area contributed by atoms with E-state index < -0.39 is 34.4 Å². The Morgan fingerprint density at radius 2 is 2.24 bits per heavy atom. The highest BCUT2D eigenvalue weighted by Gasteiger charge is 2.37. The number of nitro groups is 1. The van der Waals surface area contributed by atoms with Gasteiger partial charge in [-0.1, -0.05) is 11.6 Å². The molecule has 1 atom stereocenters. The molecule has 1 fully saturated rings. The van der Waals surface area contributed by atoms with Crippen LogP contribution in [0.4, 0.5) is 5.69 Å². The van der Waals surface area contributed by atoms with E-state index in [0.717, 1.165) is 17.2 Å². The van der Waals surface area contributed by atoms with Crippen LogP contribution in [0.15, 0.2) is 12.3 Å². The van der Waals surface area contributed by atoms with E-state index in [9.17, 15) is 24.5 Å². The maximum atomic E-state index is 12.0. The summed E-state index contributed by atoms with van der Waals surface area (Å²) in [5, 5.41) is 12.7. The van der Waals surface area contributed by atoms with Crippen molar-refractivity contribution in [2.24, 2.45) is 0 Å². The minimum atomic E-state index is -1.01. The number of imide groups is 1. The third-order valence-corrected chi connectivity index (χ3v) is 3.27. The molecule has 1 N–H and O–H groups in total. The van der Waals surface area contributed by atoms with Gasteiger partial charge in [0.2, 0.25) is 5.91 Å². The van der Waals surface area contributed by atoms with E-state index in [-0.39, 0.29) is 17.1 Å². The van der Waals surface area contributed by atoms with E-state index in [4.69, 9.17) is 11.6 Å². The summed E-state index contributed by atoms with van der Waals surface area (Å²) in [6.07, 6.45) is 0.748. The highest BCUT2D eigenvalue weighted by molar-refractivity contribution is 6.32. The quantitative estimate of drug-likeness (QED) is 0.366. The van der Waals surface area contributed by atoms with Crippen molar-refractivity contribution in [3.63, 3.8) is 0 Å². The van der Waals surface area contributed by atoms with Gasteiger partial charge in [-0.2, -0.15) is 0 Å². The minimum absolute atomic E-state index is 0.166. The van der Waals surface area contributed by atoms with Gasteiger partial charge in [-0.3, -0.25) is 29.4 Å². The van der Waals surface area contributed by atoms with Crippen molar-refractivity contribution in [1.29, 1.82) is 0 Å². The number of likely N-dealkylation sites (tertiary alicyclic amines) is 1. The molecule has 0 bridgehead atoms. The number of aromatic nitrogens is 1. The third-order valence-electron chi connectivity index (χ3n) is 2.97. The molecule has 1 aromatic rings. The van der Waals surface area contributed by atoms with E-state index in [1.807, 2.05) is 0 Å². The zero-order valence-electron chi connectivity index (χ0n) is 10.7. The second-order valence-corrected chi connectivity index (χ2v) is 4.67. The van der Waals surface area contributed by atoms with Crippen molar-refractivity contribution in [2.45, 2.75) is 12.5 Å². The number of rotatable bonds is 3. The van der Waals surface area contributed by atoms with E-state index in [1.54, 1.807) is 0 Å². The number of amides is 3. The molecule has 1 unspecified atom stereocenters. The van der Waals surface area contributed by atoms with Crippen LogP contribution in [0.25, 0.3) is 0 Å². The summed E-state index contributed by atoms with van der Waals surface area (Å²) in [6.45, 7) is 0. The molecule has 3 amide bonds. The monoisotopic (exact) mass is 312 g/mol. The number of hydrogen-bond donors (Lipinski definition) is 1. The van der Waals surface area contributed by atoms with Crippen molar-refractivity contribution in [3.05, 3.63) is 33.1 Å². The number of carbonyl (C=O) groups excluding carboxylic acids is 3. The molecule has 0 aromatic carbocycles. The van der Waals surface area contributed by atoms with Crippen LogP contribution >= 0.6 is 11.6 Å². The van der Waals surface area contributed by atoms with Crippen LogP contribution in [-0.2, 0) is 9.59 Å². The summed E-state index contributed by atoms with van der Waals surface area (Å²) >= 11 is 5.72. The zero-order valence-corrected chi connectivity index (χ0v) is 11.5. The van der Waals surface area contributed by atoms with Gasteiger partial charge in [0, 0.05) is 13.1 Å². The van der Waals surface area contributed by atoms with Crippen molar-refractivity contribution in [3.8, 4) is 0 Å². The van der Waals surface area contributed by atoms with Crippen molar-refractivity contribution >= 4 is 35.0 Å². The average molecular weight is 313 g/mol. The lowest BCUT2D eigenvalue weighted by molar-refractivity contribution is -0.385. The lowest BCUT2D eigenvalue weighted by Gasteiger charge is -2.11. The number of pyridine rings is 1. The van der Waals surface area contributed by atoms with Gasteiger partial charge >= 0.3 is 0 Å². The van der Waals surface area contributed by atoms with Crippen LogP contribution < -0.4 is 5.32 Å². The smallest absolute Gasteiger partial charge is 0.288 e. The number of carbonyl (C=O) groups is 3. The lowest BCUT2D eigenvalue weighted by Crippen LogP contribution is -2.40. The standard InChI is InChI=1S/C11H9ClN4O5/c1-15-8(17)3-7(11(15)19)14-10(18)6-2-5(16(20)21)4-13-9(6)12/h2,4,7H,3H2,1H3,(H,14,18). The molecule has 1 saturated heterocycles. The van der Waals surface area contributed by atoms with Crippen LogP contribution in [0.5, 0.6) is 0 Å². The predicted octanol–water partition coefficient (Wildman–Crippen LogP) is 0.130. The third kappa shape index (κ3) is 2.82. The predicted molar refractivity (Wildman–Crippen MR) is 69.5 cm³/mol. The molecule has 0 radical (unpaired) electrons. The molecule has 1 aliphatic heterocycles. The Balaban J connectivity index is 2.21. The molecule has 9 nitrogen and oxygen atoms in total. The highest BCUT2D eigenvalue weighted by atomic mass is 35.5. The normalized spacial score (nSPS) is 18.0. The van der Waals surface area contributed by atoms with Crippen molar-refractivity contribution in [2.75, 3.05) is 7.05 Å². The second-order valence-electron chi connectivity index (χ2n) is 4.31. The van der Waals surface area contributed by atoms with Gasteiger partial charge in [-0.05, 0) is 0 Å². The lowest BCUT2D eigenvalue weighted by atomic mass is 10.2. The number of nitrogens with zero attached hydrogens (tertiary/aromatic N) is 3. The van der Waals surface area contributed by atoms with Crippen molar-refractivity contribution < 1.29 is 19.3 Å². The Labute approximate surface area is 123 Å². The molecule has 10 heteroatoms. The Morgan fingerprint density at radius 3 is 2.76 bits per heavy atom. The fraction of sp³-hybridized carbons (Fsp3) is 0.273. The van der Waals surface area contributed by atoms with E-state index in [2.05, 4.69) is 10.3 Å². The fourth-order valence-corrected chi connectivity index (χ4v) is 1.99. The Kier molecular flexibility index (Phi) is 3.85. The molecule has 2 heterocycles. The Morgan fingerprint density at radius 1 is 1.57 bits per heavy atom. The summed E-state index contributed by atoms with van der Waals surface area (Å²) in [7, 11) is 1.30. The summed E-state index contributed by atoms with van der Waals surface area (Å²) in [4.78, 5) is 49.4. The molecular formula is C11H9ClN4O5. The number of halogens is 1. The molecule has 1 aliphatic rings. The average Bonchev–Trinajstić information content (AvgIpc) is 2.66. The first-order valence-corrected chi connectivity index (χ1v) is 6.10. The Hall–Kier alpha value is -2.55. The second kappa shape index (κ2) is 5.44. The number of nitrogens with one attached hydrogen (secondary N) is 1. The van der Waals surface area contributed by atoms with Crippen LogP contribution in [0.3, 0.4) is 0 Å². The first-order chi connectivity index (χ1) is 9.81. The van der Waals surface area contributed by atoms with Gasteiger partial charge < -0.3 is 5.32 Å². The highest BCUT2D eigenvalue weighted by Crippen LogP contribution is 2.20. The Bertz CT molecular complexity index is 662. The largest absolute Gasteiger partial charge is 0.340 e. The van der Waals surface area contributed by atoms with Gasteiger partial charge in [0.1, 0.15) is 17.4 Å². The maximum absolute atomic E-state index is 12.0. The van der Waals surface area contributed by atoms with Crippen LogP contribution in [0.2, 0.25) is 5.15 Å². The molecular weight excluding hydrogens is 304 g/mol. The van der Waals surface area contributed by atoms with Gasteiger partial charge in [-0.25, -0.2) is 4.98 Å². The molecule has 1 aromatic heterocycles. The number of likely N-dealkylation sites (N-methyl/N-ethyl adjacent to an activating group) is 1. The summed E-state index contributed by atoms with van der Waals surface area (Å²) in [6, 6.07) is -0.0550. The van der Waals surface area contributed by atoms with Crippen LogP contribution in [-0.4, -0.2) is 45.6 Å². The van der Waals surface area contributed by atoms with Crippen LogP contribution in [0.1, 0.15) is 16.8 Å². The molecule has 110 valence electrons. The van der Waals surface area contributed by atoms with Gasteiger partial charge in [-0.15, -0.1) is 0 Å². The topological polar surface area (TPSA) is 123 Å². The van der Waals surface area contributed by atoms with Crippen LogP contribution in [0, 0.1) is 10.1 Å². The summed E-state index contributed by atoms with van der Waals surface area (Å²) in [5.74, 6) is -1.78. The summed E-state index contributed by atoms with van der Waals surface area (Å²) in [5.41, 5.74) is -0.642. The maximum Gasteiger partial charge on any atom is 0.288 e. The fourth-order valence-electron chi connectivity index (χ4n) is 1.80. The van der Waals surface area contributed by atoms with Gasteiger partial charge in [0.05, 0.1) is 16.9 Å². The summed E-state index contributed by atoms with van der Waals surface area (Å²) < 4.78 is 0. The van der Waals surface area contributed by atoms with E-state index in [0.29, 0.717) is 0 Å². The molecule has 0 aliphatic carbocycles.